The van der Waals surface area contributed by atoms with Gasteiger partial charge in [-0.2, -0.15) is 0 Å². The number of benzene rings is 2. The van der Waals surface area contributed by atoms with Crippen molar-refractivity contribution in [1.82, 2.24) is 15.0 Å². The molecule has 1 aromatic heterocycles. The van der Waals surface area contributed by atoms with Crippen molar-refractivity contribution >= 4 is 5.69 Å². The highest BCUT2D eigenvalue weighted by Gasteiger charge is 2.15. The van der Waals surface area contributed by atoms with Crippen LogP contribution in [0.2, 0.25) is 0 Å². The van der Waals surface area contributed by atoms with Crippen LogP contribution >= 0.6 is 0 Å². The van der Waals surface area contributed by atoms with Gasteiger partial charge in [-0.05, 0) is 17.7 Å². The first-order valence-electron chi connectivity index (χ1n) is 6.55. The summed E-state index contributed by atoms with van der Waals surface area (Å²) in [6.07, 6.45) is 0.728. The third kappa shape index (κ3) is 2.70. The normalized spacial score (nSPS) is 12.0. The molecule has 0 fully saturated rings. The number of aliphatic hydroxyl groups excluding tert-OH is 1. The maximum atomic E-state index is 10.6. The number of rotatable bonds is 4. The van der Waals surface area contributed by atoms with Gasteiger partial charge in [0.25, 0.3) is 5.69 Å². The first kappa shape index (κ1) is 13.9. The summed E-state index contributed by atoms with van der Waals surface area (Å²) in [6, 6.07) is 15.1. The number of nitrogens with zero attached hydrogens (tertiary/aromatic N) is 4. The lowest BCUT2D eigenvalue weighted by Crippen LogP contribution is -1.99. The third-order valence-corrected chi connectivity index (χ3v) is 3.23. The summed E-state index contributed by atoms with van der Waals surface area (Å²) in [6.45, 7) is 0. The summed E-state index contributed by atoms with van der Waals surface area (Å²) in [5.41, 5.74) is 1.76. The lowest BCUT2D eigenvalue weighted by molar-refractivity contribution is -0.384. The average Bonchev–Trinajstić information content (AvgIpc) is 3.05. The summed E-state index contributed by atoms with van der Waals surface area (Å²) in [5.74, 6) is 0. The summed E-state index contributed by atoms with van der Waals surface area (Å²) >= 11 is 0. The van der Waals surface area contributed by atoms with Crippen LogP contribution in [0.1, 0.15) is 17.4 Å². The number of non-ortho nitro benzene ring substituents is 1. The second-order valence-corrected chi connectivity index (χ2v) is 4.67. The van der Waals surface area contributed by atoms with Gasteiger partial charge >= 0.3 is 0 Å². The molecule has 3 rings (SSSR count). The molecule has 1 N–H and O–H groups in total. The first-order valence-corrected chi connectivity index (χ1v) is 6.55. The number of aliphatic hydroxyl groups is 1. The summed E-state index contributed by atoms with van der Waals surface area (Å²) in [5, 5.41) is 28.8. The molecule has 22 heavy (non-hydrogen) atoms. The van der Waals surface area contributed by atoms with Gasteiger partial charge in [-0.1, -0.05) is 35.5 Å². The van der Waals surface area contributed by atoms with Crippen LogP contribution < -0.4 is 0 Å². The maximum absolute atomic E-state index is 10.6. The standard InChI is InChI=1S/C15H12N4O3/c20-15(11-4-2-1-3-5-11)14-10-18(17-16-14)12-6-8-13(9-7-12)19(21)22/h1-10,15,20H/t15-/m0/s1. The lowest BCUT2D eigenvalue weighted by atomic mass is 10.1. The van der Waals surface area contributed by atoms with Crippen molar-refractivity contribution in [1.29, 1.82) is 0 Å². The second kappa shape index (κ2) is 5.74. The summed E-state index contributed by atoms with van der Waals surface area (Å²) in [4.78, 5) is 10.2. The van der Waals surface area contributed by atoms with E-state index in [4.69, 9.17) is 0 Å². The molecule has 1 atom stereocenters. The molecule has 110 valence electrons. The Hall–Kier alpha value is -3.06. The Balaban J connectivity index is 1.86. The molecule has 7 heteroatoms. The van der Waals surface area contributed by atoms with Gasteiger partial charge in [-0.3, -0.25) is 10.1 Å². The summed E-state index contributed by atoms with van der Waals surface area (Å²) in [7, 11) is 0. The highest BCUT2D eigenvalue weighted by Crippen LogP contribution is 2.21. The molecule has 0 amide bonds. The van der Waals surface area contributed by atoms with Crippen molar-refractivity contribution in [2.24, 2.45) is 0 Å². The van der Waals surface area contributed by atoms with Crippen molar-refractivity contribution < 1.29 is 10.0 Å². The predicted molar refractivity (Wildman–Crippen MR) is 78.5 cm³/mol. The number of hydrogen-bond acceptors (Lipinski definition) is 5. The zero-order chi connectivity index (χ0) is 15.5. The molecule has 0 spiro atoms. The van der Waals surface area contributed by atoms with E-state index in [1.54, 1.807) is 30.5 Å². The van der Waals surface area contributed by atoms with Crippen LogP contribution in [0.5, 0.6) is 0 Å². The van der Waals surface area contributed by atoms with Crippen LogP contribution in [0.4, 0.5) is 5.69 Å². The van der Waals surface area contributed by atoms with E-state index in [0.29, 0.717) is 11.4 Å². The largest absolute Gasteiger partial charge is 0.382 e. The van der Waals surface area contributed by atoms with Crippen LogP contribution in [-0.2, 0) is 0 Å². The van der Waals surface area contributed by atoms with Crippen LogP contribution in [0.25, 0.3) is 5.69 Å². The van der Waals surface area contributed by atoms with Gasteiger partial charge in [-0.15, -0.1) is 5.10 Å². The van der Waals surface area contributed by atoms with E-state index >= 15 is 0 Å². The molecule has 2 aromatic carbocycles. The van der Waals surface area contributed by atoms with Crippen molar-refractivity contribution in [2.45, 2.75) is 6.10 Å². The number of hydrogen-bond donors (Lipinski definition) is 1. The van der Waals surface area contributed by atoms with Crippen LogP contribution in [-0.4, -0.2) is 25.0 Å². The Morgan fingerprint density at radius 1 is 1.09 bits per heavy atom. The zero-order valence-corrected chi connectivity index (χ0v) is 11.4. The minimum absolute atomic E-state index is 0.00779. The molecular formula is C15H12N4O3. The van der Waals surface area contributed by atoms with E-state index in [0.717, 1.165) is 5.56 Å². The molecule has 7 nitrogen and oxygen atoms in total. The Kier molecular flexibility index (Phi) is 3.63. The average molecular weight is 296 g/mol. The lowest BCUT2D eigenvalue weighted by Gasteiger charge is -2.06. The van der Waals surface area contributed by atoms with Crippen LogP contribution in [0.15, 0.2) is 60.8 Å². The Bertz CT molecular complexity index is 784. The SMILES string of the molecule is O=[N+]([O-])c1ccc(-n2cc([C@@H](O)c3ccccc3)nn2)cc1. The molecule has 3 aromatic rings. The van der Waals surface area contributed by atoms with Crippen molar-refractivity contribution in [3.8, 4) is 5.69 Å². The molecule has 0 saturated carbocycles. The highest BCUT2D eigenvalue weighted by atomic mass is 16.6. The van der Waals surface area contributed by atoms with Crippen LogP contribution in [0.3, 0.4) is 0 Å². The number of nitro groups is 1. The number of nitro benzene ring substituents is 1. The molecule has 1 heterocycles. The van der Waals surface area contributed by atoms with E-state index in [1.807, 2.05) is 18.2 Å². The monoisotopic (exact) mass is 296 g/mol. The molecule has 0 bridgehead atoms. The predicted octanol–water partition coefficient (Wildman–Crippen LogP) is 2.26. The fourth-order valence-corrected chi connectivity index (χ4v) is 2.06. The van der Waals surface area contributed by atoms with Crippen molar-refractivity contribution in [3.05, 3.63) is 82.2 Å². The van der Waals surface area contributed by atoms with Crippen LogP contribution in [0, 0.1) is 10.1 Å². The van der Waals surface area contributed by atoms with E-state index < -0.39 is 11.0 Å². The Labute approximate surface area is 125 Å². The molecule has 0 radical (unpaired) electrons. The molecule has 0 aliphatic heterocycles. The van der Waals surface area contributed by atoms with Gasteiger partial charge < -0.3 is 5.11 Å². The summed E-state index contributed by atoms with van der Waals surface area (Å²) < 4.78 is 1.46. The Morgan fingerprint density at radius 3 is 2.41 bits per heavy atom. The maximum Gasteiger partial charge on any atom is 0.269 e. The fourth-order valence-electron chi connectivity index (χ4n) is 2.06. The third-order valence-electron chi connectivity index (χ3n) is 3.23. The van der Waals surface area contributed by atoms with E-state index in [9.17, 15) is 15.2 Å². The van der Waals surface area contributed by atoms with Gasteiger partial charge in [0.05, 0.1) is 16.8 Å². The van der Waals surface area contributed by atoms with E-state index in [1.165, 1.54) is 16.8 Å². The molecule has 0 aliphatic carbocycles. The minimum Gasteiger partial charge on any atom is -0.382 e. The smallest absolute Gasteiger partial charge is 0.269 e. The second-order valence-electron chi connectivity index (χ2n) is 4.67. The molecular weight excluding hydrogens is 284 g/mol. The molecule has 0 saturated heterocycles. The van der Waals surface area contributed by atoms with Crippen molar-refractivity contribution in [2.75, 3.05) is 0 Å². The quantitative estimate of drug-likeness (QED) is 0.588. The van der Waals surface area contributed by atoms with E-state index in [-0.39, 0.29) is 5.69 Å². The fraction of sp³-hybridized carbons (Fsp3) is 0.0667. The van der Waals surface area contributed by atoms with Gasteiger partial charge in [0, 0.05) is 12.1 Å². The van der Waals surface area contributed by atoms with Crippen molar-refractivity contribution in [3.63, 3.8) is 0 Å². The van der Waals surface area contributed by atoms with Gasteiger partial charge in [-0.25, -0.2) is 4.68 Å². The first-order chi connectivity index (χ1) is 10.6. The highest BCUT2D eigenvalue weighted by molar-refractivity contribution is 5.40. The minimum atomic E-state index is -0.868. The topological polar surface area (TPSA) is 94.1 Å². The molecule has 0 unspecified atom stereocenters. The van der Waals surface area contributed by atoms with E-state index in [2.05, 4.69) is 10.3 Å². The van der Waals surface area contributed by atoms with Gasteiger partial charge in [0.2, 0.25) is 0 Å². The Morgan fingerprint density at radius 2 is 1.77 bits per heavy atom. The zero-order valence-electron chi connectivity index (χ0n) is 11.4. The van der Waals surface area contributed by atoms with Gasteiger partial charge in [0.15, 0.2) is 0 Å². The molecule has 0 aliphatic rings. The number of aromatic nitrogens is 3. The van der Waals surface area contributed by atoms with Gasteiger partial charge in [0.1, 0.15) is 11.8 Å².